The highest BCUT2D eigenvalue weighted by molar-refractivity contribution is 7.90. The normalized spacial score (nSPS) is 11.9. The van der Waals surface area contributed by atoms with Crippen LogP contribution in [0.25, 0.3) is 16.9 Å². The summed E-state index contributed by atoms with van der Waals surface area (Å²) in [6, 6.07) is 15.8. The summed E-state index contributed by atoms with van der Waals surface area (Å²) >= 11 is 6.19. The first-order valence-corrected chi connectivity index (χ1v) is 12.2. The second-order valence-electron chi connectivity index (χ2n) is 7.46. The minimum atomic E-state index is -4.66. The molecule has 1 N–H and O–H groups in total. The van der Waals surface area contributed by atoms with Crippen molar-refractivity contribution in [2.45, 2.75) is 11.2 Å². The van der Waals surface area contributed by atoms with Crippen molar-refractivity contribution in [3.8, 4) is 16.9 Å². The lowest BCUT2D eigenvalue weighted by atomic mass is 10.1. The number of benzene rings is 2. The van der Waals surface area contributed by atoms with Gasteiger partial charge in [0.25, 0.3) is 5.91 Å². The molecule has 2 aromatic carbocycles. The third-order valence-corrected chi connectivity index (χ3v) is 6.22. The lowest BCUT2D eigenvalue weighted by Crippen LogP contribution is -2.12. The van der Waals surface area contributed by atoms with Gasteiger partial charge in [0.15, 0.2) is 20.6 Å². The maximum Gasteiger partial charge on any atom is 0.435 e. The highest BCUT2D eigenvalue weighted by Gasteiger charge is 2.35. The molecule has 0 aliphatic rings. The summed E-state index contributed by atoms with van der Waals surface area (Å²) in [5, 5.41) is 6.38. The van der Waals surface area contributed by atoms with E-state index < -0.39 is 27.6 Å². The molecule has 7 nitrogen and oxygen atoms in total. The number of anilines is 1. The molecule has 0 saturated heterocycles. The molecule has 0 bridgehead atoms. The van der Waals surface area contributed by atoms with Gasteiger partial charge in [-0.05, 0) is 42.5 Å². The van der Waals surface area contributed by atoms with Crippen molar-refractivity contribution in [3.63, 3.8) is 0 Å². The largest absolute Gasteiger partial charge is 0.435 e. The Morgan fingerprint density at radius 1 is 1.06 bits per heavy atom. The molecule has 0 atom stereocenters. The van der Waals surface area contributed by atoms with E-state index in [9.17, 15) is 26.4 Å². The van der Waals surface area contributed by atoms with E-state index in [0.29, 0.717) is 5.56 Å². The average Bonchev–Trinajstić information content (AvgIpc) is 3.25. The van der Waals surface area contributed by atoms with Crippen LogP contribution in [-0.4, -0.2) is 35.3 Å². The number of sulfone groups is 1. The monoisotopic (exact) mass is 522 g/mol. The zero-order valence-corrected chi connectivity index (χ0v) is 19.5. The number of nitrogens with one attached hydrogen (secondary N) is 1. The Balaban J connectivity index is 0.00000361. The molecule has 0 saturated carbocycles. The number of halogens is 4. The van der Waals surface area contributed by atoms with Gasteiger partial charge in [-0.3, -0.25) is 4.79 Å². The quantitative estimate of drug-likeness (QED) is 0.373. The van der Waals surface area contributed by atoms with Crippen molar-refractivity contribution in [3.05, 3.63) is 89.2 Å². The number of para-hydroxylation sites is 1. The highest BCUT2D eigenvalue weighted by Crippen LogP contribution is 2.34. The Morgan fingerprint density at radius 3 is 2.31 bits per heavy atom. The van der Waals surface area contributed by atoms with Crippen LogP contribution in [-0.2, 0) is 16.0 Å². The van der Waals surface area contributed by atoms with Crippen LogP contribution in [0, 0.1) is 0 Å². The summed E-state index contributed by atoms with van der Waals surface area (Å²) in [5.74, 6) is -0.513. The van der Waals surface area contributed by atoms with Gasteiger partial charge in [-0.25, -0.2) is 18.1 Å². The van der Waals surface area contributed by atoms with Crippen LogP contribution in [0.2, 0.25) is 5.02 Å². The van der Waals surface area contributed by atoms with Crippen molar-refractivity contribution < 1.29 is 27.8 Å². The van der Waals surface area contributed by atoms with Crippen molar-refractivity contribution in [2.75, 3.05) is 11.6 Å². The molecule has 182 valence electrons. The zero-order chi connectivity index (χ0) is 25.4. The smallest absolute Gasteiger partial charge is 0.321 e. The Morgan fingerprint density at radius 2 is 1.74 bits per heavy atom. The fourth-order valence-corrected chi connectivity index (χ4v) is 3.98. The molecule has 35 heavy (non-hydrogen) atoms. The van der Waals surface area contributed by atoms with E-state index in [1.54, 1.807) is 24.3 Å². The molecule has 12 heteroatoms. The van der Waals surface area contributed by atoms with E-state index in [1.807, 2.05) is 0 Å². The van der Waals surface area contributed by atoms with Crippen molar-refractivity contribution in [1.29, 1.82) is 0 Å². The SMILES string of the molecule is CS(=O)(=O)c1ccc(NC(=O)c2ccc(-c3cc(C(F)(F)F)nn3-c3ccccc3Cl)cc2)cn1.[HH]. The van der Waals surface area contributed by atoms with Crippen LogP contribution < -0.4 is 5.32 Å². The molecule has 0 spiro atoms. The molecular formula is C23H18ClF3N4O3S. The number of rotatable bonds is 5. The molecule has 0 aliphatic heterocycles. The maximum absolute atomic E-state index is 13.4. The molecule has 0 aliphatic carbocycles. The summed E-state index contributed by atoms with van der Waals surface area (Å²) in [5.41, 5.74) is 0.200. The number of carbonyl (C=O) groups excluding carboxylic acids is 1. The molecule has 0 unspecified atom stereocenters. The minimum Gasteiger partial charge on any atom is -0.321 e. The molecule has 1 amide bonds. The first-order chi connectivity index (χ1) is 16.4. The lowest BCUT2D eigenvalue weighted by molar-refractivity contribution is -0.141. The number of hydrogen-bond acceptors (Lipinski definition) is 5. The molecule has 2 heterocycles. The van der Waals surface area contributed by atoms with Crippen LogP contribution in [0.1, 0.15) is 17.5 Å². The Kier molecular flexibility index (Phi) is 6.39. The van der Waals surface area contributed by atoms with E-state index >= 15 is 0 Å². The van der Waals surface area contributed by atoms with Gasteiger partial charge in [0.1, 0.15) is 0 Å². The first kappa shape index (κ1) is 24.4. The van der Waals surface area contributed by atoms with Gasteiger partial charge < -0.3 is 5.32 Å². The van der Waals surface area contributed by atoms with Gasteiger partial charge in [-0.15, -0.1) is 0 Å². The number of aromatic nitrogens is 3. The molecular weight excluding hydrogens is 505 g/mol. The second kappa shape index (κ2) is 9.16. The van der Waals surface area contributed by atoms with Crippen LogP contribution >= 0.6 is 11.6 Å². The standard InChI is InChI=1S/C23H16ClF3N4O3S.H2/c1-35(33,34)21-11-10-16(13-28-21)29-22(32)15-8-6-14(7-9-15)19-12-20(23(25,26)27)30-31(19)18-5-3-2-4-17(18)24;/h2-13H,1H3,(H,29,32);1H. The Hall–Kier alpha value is -3.70. The molecule has 2 aromatic heterocycles. The van der Waals surface area contributed by atoms with Crippen molar-refractivity contribution in [2.24, 2.45) is 0 Å². The summed E-state index contributed by atoms with van der Waals surface area (Å²) in [4.78, 5) is 16.4. The van der Waals surface area contributed by atoms with Gasteiger partial charge in [0.2, 0.25) is 0 Å². The van der Waals surface area contributed by atoms with Crippen molar-refractivity contribution >= 4 is 33.0 Å². The molecule has 0 radical (unpaired) electrons. The predicted molar refractivity (Wildman–Crippen MR) is 126 cm³/mol. The molecule has 4 aromatic rings. The molecule has 0 fully saturated rings. The van der Waals surface area contributed by atoms with Gasteiger partial charge >= 0.3 is 6.18 Å². The molecule has 4 rings (SSSR count). The number of amides is 1. The van der Waals surface area contributed by atoms with Crippen LogP contribution in [0.5, 0.6) is 0 Å². The van der Waals surface area contributed by atoms with Gasteiger partial charge in [0, 0.05) is 18.8 Å². The number of pyridine rings is 1. The fraction of sp³-hybridized carbons (Fsp3) is 0.0870. The zero-order valence-electron chi connectivity index (χ0n) is 17.9. The van der Waals surface area contributed by atoms with Gasteiger partial charge in [0.05, 0.1) is 28.3 Å². The Bertz CT molecular complexity index is 1510. The highest BCUT2D eigenvalue weighted by atomic mass is 35.5. The summed E-state index contributed by atoms with van der Waals surface area (Å²) in [6.45, 7) is 0. The second-order valence-corrected chi connectivity index (χ2v) is 9.83. The fourth-order valence-electron chi connectivity index (χ4n) is 3.20. The number of nitrogens with zero attached hydrogens (tertiary/aromatic N) is 3. The minimum absolute atomic E-state index is 0. The van der Waals surface area contributed by atoms with Crippen LogP contribution in [0.4, 0.5) is 18.9 Å². The van der Waals surface area contributed by atoms with E-state index in [2.05, 4.69) is 15.4 Å². The predicted octanol–water partition coefficient (Wildman–Crippen LogP) is 5.51. The van der Waals surface area contributed by atoms with Gasteiger partial charge in [-0.2, -0.15) is 18.3 Å². The average molecular weight is 523 g/mol. The maximum atomic E-state index is 13.4. The third-order valence-electron chi connectivity index (χ3n) is 4.90. The van der Waals surface area contributed by atoms with Crippen LogP contribution in [0.15, 0.2) is 78.0 Å². The van der Waals surface area contributed by atoms with Crippen LogP contribution in [0.3, 0.4) is 0 Å². The number of hydrogen-bond donors (Lipinski definition) is 1. The van der Waals surface area contributed by atoms with E-state index in [0.717, 1.165) is 17.0 Å². The summed E-state index contributed by atoms with van der Waals surface area (Å²) < 4.78 is 64.2. The number of alkyl halides is 3. The van der Waals surface area contributed by atoms with Gasteiger partial charge in [-0.1, -0.05) is 35.9 Å². The lowest BCUT2D eigenvalue weighted by Gasteiger charge is -2.10. The third kappa shape index (κ3) is 5.36. The summed E-state index contributed by atoms with van der Waals surface area (Å²) in [6.07, 6.45) is -2.43. The van der Waals surface area contributed by atoms with E-state index in [4.69, 9.17) is 11.6 Å². The summed E-state index contributed by atoms with van der Waals surface area (Å²) in [7, 11) is -3.47. The van der Waals surface area contributed by atoms with E-state index in [-0.39, 0.29) is 34.1 Å². The Labute approximate surface area is 204 Å². The van der Waals surface area contributed by atoms with Crippen molar-refractivity contribution in [1.82, 2.24) is 14.8 Å². The first-order valence-electron chi connectivity index (χ1n) is 9.93. The number of carbonyl (C=O) groups is 1. The van der Waals surface area contributed by atoms with E-state index in [1.165, 1.54) is 42.6 Å². The topological polar surface area (TPSA) is 94.0 Å².